The molecule has 1 saturated carbocycles. The Labute approximate surface area is 167 Å². The van der Waals surface area contributed by atoms with Crippen LogP contribution in [0.25, 0.3) is 0 Å². The van der Waals surface area contributed by atoms with E-state index < -0.39 is 6.10 Å². The molecule has 2 saturated heterocycles. The molecular formula is C22H34O6. The van der Waals surface area contributed by atoms with Gasteiger partial charge >= 0.3 is 5.97 Å². The summed E-state index contributed by atoms with van der Waals surface area (Å²) in [6, 6.07) is 0. The molecule has 6 nitrogen and oxygen atoms in total. The van der Waals surface area contributed by atoms with Crippen molar-refractivity contribution >= 4 is 11.8 Å². The second-order valence-corrected chi connectivity index (χ2v) is 8.36. The van der Waals surface area contributed by atoms with Crippen LogP contribution in [0.4, 0.5) is 0 Å². The van der Waals surface area contributed by atoms with Crippen molar-refractivity contribution < 1.29 is 28.5 Å². The van der Waals surface area contributed by atoms with Gasteiger partial charge in [-0.2, -0.15) is 0 Å². The predicted octanol–water partition coefficient (Wildman–Crippen LogP) is 3.37. The molecule has 1 spiro atoms. The number of ether oxygens (including phenoxy) is 4. The van der Waals surface area contributed by atoms with Gasteiger partial charge in [0.05, 0.1) is 25.2 Å². The number of allylic oxidation sites excluding steroid dienone is 1. The summed E-state index contributed by atoms with van der Waals surface area (Å²) in [5.74, 6) is 0.0474. The Balaban J connectivity index is 1.38. The standard InChI is InChI=1S/C22H34O6/c1-4-26-18(24)12-10-8-6-5-7-9-11-17-21(2,28-17)20-19(25-3)16(23)13-14-22(20)15-27-22/h7,9,17,19-20H,4-6,8,10-15H2,1-3H3/b9-7+/t17-,19-,20-,21+,22+/m1/s1. The van der Waals surface area contributed by atoms with Crippen LogP contribution >= 0.6 is 0 Å². The van der Waals surface area contributed by atoms with Crippen molar-refractivity contribution in [2.75, 3.05) is 20.3 Å². The number of hydrogen-bond donors (Lipinski definition) is 0. The summed E-state index contributed by atoms with van der Waals surface area (Å²) in [5.41, 5.74) is -0.571. The summed E-state index contributed by atoms with van der Waals surface area (Å²) in [4.78, 5) is 23.6. The first kappa shape index (κ1) is 21.5. The van der Waals surface area contributed by atoms with E-state index in [1.54, 1.807) is 7.11 Å². The second-order valence-electron chi connectivity index (χ2n) is 8.36. The lowest BCUT2D eigenvalue weighted by molar-refractivity contribution is -0.143. The van der Waals surface area contributed by atoms with Gasteiger partial charge in [0, 0.05) is 20.0 Å². The molecule has 1 aliphatic carbocycles. The van der Waals surface area contributed by atoms with E-state index in [-0.39, 0.29) is 35.0 Å². The van der Waals surface area contributed by atoms with Crippen molar-refractivity contribution in [3.05, 3.63) is 12.2 Å². The minimum absolute atomic E-state index is 0.0208. The summed E-state index contributed by atoms with van der Waals surface area (Å²) in [5, 5.41) is 0. The van der Waals surface area contributed by atoms with E-state index in [9.17, 15) is 9.59 Å². The average Bonchev–Trinajstić information content (AvgIpc) is 3.57. The molecule has 0 N–H and O–H groups in total. The number of Topliss-reactive ketones (excluding diaryl/α,β-unsaturated/α-hetero) is 1. The zero-order valence-corrected chi connectivity index (χ0v) is 17.4. The fraction of sp³-hybridized carbons (Fsp3) is 0.818. The van der Waals surface area contributed by atoms with Crippen LogP contribution < -0.4 is 0 Å². The number of epoxide rings is 2. The molecule has 0 radical (unpaired) electrons. The smallest absolute Gasteiger partial charge is 0.305 e. The van der Waals surface area contributed by atoms with Crippen molar-refractivity contribution in [1.29, 1.82) is 0 Å². The highest BCUT2D eigenvalue weighted by molar-refractivity contribution is 5.85. The molecule has 28 heavy (non-hydrogen) atoms. The average molecular weight is 395 g/mol. The van der Waals surface area contributed by atoms with Gasteiger partial charge in [0.1, 0.15) is 17.3 Å². The lowest BCUT2D eigenvalue weighted by Crippen LogP contribution is -2.52. The molecule has 0 amide bonds. The Morgan fingerprint density at radius 1 is 1.29 bits per heavy atom. The van der Waals surface area contributed by atoms with Gasteiger partial charge in [0.2, 0.25) is 0 Å². The molecule has 0 aromatic rings. The monoisotopic (exact) mass is 394 g/mol. The number of rotatable bonds is 11. The van der Waals surface area contributed by atoms with Gasteiger partial charge in [-0.15, -0.1) is 0 Å². The van der Waals surface area contributed by atoms with Crippen LogP contribution in [0.5, 0.6) is 0 Å². The minimum Gasteiger partial charge on any atom is -0.466 e. The van der Waals surface area contributed by atoms with E-state index >= 15 is 0 Å². The number of unbranched alkanes of at least 4 members (excludes halogenated alkanes) is 3. The summed E-state index contributed by atoms with van der Waals surface area (Å²) in [6.45, 7) is 5.09. The van der Waals surface area contributed by atoms with Crippen LogP contribution in [0, 0.1) is 5.92 Å². The highest BCUT2D eigenvalue weighted by atomic mass is 16.6. The van der Waals surface area contributed by atoms with Gasteiger partial charge < -0.3 is 18.9 Å². The Hall–Kier alpha value is -1.24. The van der Waals surface area contributed by atoms with E-state index in [0.717, 1.165) is 38.5 Å². The lowest BCUT2D eigenvalue weighted by atomic mass is 9.69. The van der Waals surface area contributed by atoms with E-state index in [1.807, 2.05) is 6.92 Å². The van der Waals surface area contributed by atoms with Gasteiger partial charge in [-0.1, -0.05) is 18.6 Å². The van der Waals surface area contributed by atoms with Gasteiger partial charge in [-0.25, -0.2) is 0 Å². The van der Waals surface area contributed by atoms with Crippen LogP contribution in [0.3, 0.4) is 0 Å². The molecule has 2 aliphatic heterocycles. The third-order valence-electron chi connectivity index (χ3n) is 6.42. The number of esters is 1. The number of carbonyl (C=O) groups is 2. The van der Waals surface area contributed by atoms with Gasteiger partial charge in [-0.3, -0.25) is 9.59 Å². The van der Waals surface area contributed by atoms with Gasteiger partial charge in [0.25, 0.3) is 0 Å². The van der Waals surface area contributed by atoms with E-state index in [4.69, 9.17) is 18.9 Å². The maximum absolute atomic E-state index is 12.3. The molecule has 5 atom stereocenters. The number of hydrogen-bond acceptors (Lipinski definition) is 6. The maximum Gasteiger partial charge on any atom is 0.305 e. The second kappa shape index (κ2) is 9.06. The maximum atomic E-state index is 12.3. The molecule has 3 fully saturated rings. The van der Waals surface area contributed by atoms with E-state index in [2.05, 4.69) is 19.1 Å². The Morgan fingerprint density at radius 2 is 2.07 bits per heavy atom. The molecule has 0 aromatic heterocycles. The Kier molecular flexibility index (Phi) is 6.94. The number of methoxy groups -OCH3 is 1. The van der Waals surface area contributed by atoms with Crippen LogP contribution in [0.15, 0.2) is 12.2 Å². The first-order chi connectivity index (χ1) is 13.5. The minimum atomic E-state index is -0.422. The molecule has 2 heterocycles. The van der Waals surface area contributed by atoms with Crippen LogP contribution in [0.2, 0.25) is 0 Å². The highest BCUT2D eigenvalue weighted by Crippen LogP contribution is 2.58. The third-order valence-corrected chi connectivity index (χ3v) is 6.42. The fourth-order valence-electron chi connectivity index (χ4n) is 4.71. The SMILES string of the molecule is CCOC(=O)CCCCC/C=C/C[C@H]1O[C@]1(C)[C@H]1[C@H](OC)C(=O)CC[C@]12CO2. The molecule has 0 bridgehead atoms. The summed E-state index contributed by atoms with van der Waals surface area (Å²) >= 11 is 0. The van der Waals surface area contributed by atoms with Crippen molar-refractivity contribution in [2.24, 2.45) is 5.92 Å². The van der Waals surface area contributed by atoms with Crippen molar-refractivity contribution in [3.8, 4) is 0 Å². The molecular weight excluding hydrogens is 360 g/mol. The van der Waals surface area contributed by atoms with Crippen LogP contribution in [-0.4, -0.2) is 55.5 Å². The molecule has 0 unspecified atom stereocenters. The molecule has 3 rings (SSSR count). The topological polar surface area (TPSA) is 77.7 Å². The van der Waals surface area contributed by atoms with Crippen molar-refractivity contribution in [3.63, 3.8) is 0 Å². The predicted molar refractivity (Wildman–Crippen MR) is 104 cm³/mol. The largest absolute Gasteiger partial charge is 0.466 e. The van der Waals surface area contributed by atoms with E-state index in [1.165, 1.54) is 0 Å². The molecule has 0 aromatic carbocycles. The van der Waals surface area contributed by atoms with Crippen molar-refractivity contribution in [2.45, 2.75) is 88.6 Å². The van der Waals surface area contributed by atoms with Crippen LogP contribution in [-0.2, 0) is 28.5 Å². The first-order valence-corrected chi connectivity index (χ1v) is 10.6. The molecule has 158 valence electrons. The van der Waals surface area contributed by atoms with Gasteiger partial charge in [-0.05, 0) is 46.0 Å². The number of carbonyl (C=O) groups excluding carboxylic acids is 2. The highest BCUT2D eigenvalue weighted by Gasteiger charge is 2.71. The zero-order chi connectivity index (χ0) is 20.2. The normalized spacial score (nSPS) is 36.8. The third kappa shape index (κ3) is 4.66. The van der Waals surface area contributed by atoms with Crippen molar-refractivity contribution in [1.82, 2.24) is 0 Å². The summed E-state index contributed by atoms with van der Waals surface area (Å²) in [6.07, 6.45) is 10.7. The molecule has 6 heteroatoms. The number of ketones is 1. The Morgan fingerprint density at radius 3 is 2.75 bits per heavy atom. The first-order valence-electron chi connectivity index (χ1n) is 10.6. The zero-order valence-electron chi connectivity index (χ0n) is 17.4. The lowest BCUT2D eigenvalue weighted by Gasteiger charge is -2.37. The Bertz CT molecular complexity index is 596. The van der Waals surface area contributed by atoms with E-state index in [0.29, 0.717) is 26.1 Å². The molecule has 3 aliphatic rings. The summed E-state index contributed by atoms with van der Waals surface area (Å²) in [7, 11) is 1.61. The van der Waals surface area contributed by atoms with Crippen LogP contribution in [0.1, 0.15) is 65.2 Å². The quantitative estimate of drug-likeness (QED) is 0.231. The fourth-order valence-corrected chi connectivity index (χ4v) is 4.71. The van der Waals surface area contributed by atoms with Gasteiger partial charge in [0.15, 0.2) is 5.78 Å². The summed E-state index contributed by atoms with van der Waals surface area (Å²) < 4.78 is 22.4.